The van der Waals surface area contributed by atoms with Crippen LogP contribution in [0.4, 0.5) is 0 Å². The minimum absolute atomic E-state index is 0.0516. The summed E-state index contributed by atoms with van der Waals surface area (Å²) in [5.74, 6) is -0.608. The summed E-state index contributed by atoms with van der Waals surface area (Å²) in [6.45, 7) is 0.559. The number of thiophene rings is 1. The molecule has 2 fully saturated rings. The third-order valence-electron chi connectivity index (χ3n) is 4.58. The van der Waals surface area contributed by atoms with E-state index in [1.54, 1.807) is 4.31 Å². The summed E-state index contributed by atoms with van der Waals surface area (Å²) in [6, 6.07) is 1.39. The monoisotopic (exact) mass is 329 g/mol. The van der Waals surface area contributed by atoms with Gasteiger partial charge in [-0.2, -0.15) is 4.31 Å². The van der Waals surface area contributed by atoms with E-state index in [2.05, 4.69) is 0 Å². The lowest BCUT2D eigenvalue weighted by molar-refractivity contribution is 0.0697. The van der Waals surface area contributed by atoms with Crippen LogP contribution in [0.2, 0.25) is 0 Å². The zero-order chi connectivity index (χ0) is 15.0. The molecule has 0 spiro atoms. The summed E-state index contributed by atoms with van der Waals surface area (Å²) < 4.78 is 27.4. The highest BCUT2D eigenvalue weighted by Gasteiger charge is 2.40. The molecule has 21 heavy (non-hydrogen) atoms. The molecule has 1 aliphatic carbocycles. The fraction of sp³-hybridized carbons (Fsp3) is 0.643. The number of fused-ring (bicyclic) bond motifs is 1. The first kappa shape index (κ1) is 15.0. The fourth-order valence-electron chi connectivity index (χ4n) is 3.56. The molecular formula is C14H19NO4S2. The molecule has 0 aromatic carbocycles. The van der Waals surface area contributed by atoms with Crippen LogP contribution < -0.4 is 0 Å². The van der Waals surface area contributed by atoms with Gasteiger partial charge in [0.25, 0.3) is 10.0 Å². The zero-order valence-electron chi connectivity index (χ0n) is 11.7. The standard InChI is InChI=1S/C14H19NO4S2/c16-14(17)11-8-13(20-9-11)21(18,19)15-7-3-5-10-4-1-2-6-12(10)15/h8-10,12H,1-7H2,(H,16,17)/t10-,12-/m1/s1. The number of piperidine rings is 1. The predicted molar refractivity (Wildman–Crippen MR) is 80.2 cm³/mol. The molecule has 1 saturated carbocycles. The molecule has 5 nitrogen and oxygen atoms in total. The number of hydrogen-bond donors (Lipinski definition) is 1. The molecule has 0 amide bonds. The summed E-state index contributed by atoms with van der Waals surface area (Å²) in [7, 11) is -3.56. The minimum atomic E-state index is -3.56. The van der Waals surface area contributed by atoms with Gasteiger partial charge in [0, 0.05) is 18.0 Å². The van der Waals surface area contributed by atoms with E-state index >= 15 is 0 Å². The van der Waals surface area contributed by atoms with Gasteiger partial charge in [-0.05, 0) is 37.7 Å². The largest absolute Gasteiger partial charge is 0.478 e. The molecule has 3 rings (SSSR count). The molecule has 1 aromatic heterocycles. The Bertz CT molecular complexity index is 635. The predicted octanol–water partition coefficient (Wildman–Crippen LogP) is 2.79. The van der Waals surface area contributed by atoms with Crippen molar-refractivity contribution >= 4 is 27.3 Å². The molecule has 7 heteroatoms. The number of carboxylic acids is 1. The maximum Gasteiger partial charge on any atom is 0.336 e. The Labute approximate surface area is 128 Å². The Morgan fingerprint density at radius 1 is 1.24 bits per heavy atom. The number of carboxylic acid groups (broad SMARTS) is 1. The molecule has 1 N–H and O–H groups in total. The van der Waals surface area contributed by atoms with Crippen molar-refractivity contribution in [2.24, 2.45) is 5.92 Å². The van der Waals surface area contributed by atoms with E-state index in [1.807, 2.05) is 0 Å². The number of rotatable bonds is 3. The van der Waals surface area contributed by atoms with Gasteiger partial charge in [-0.15, -0.1) is 11.3 Å². The number of sulfonamides is 1. The van der Waals surface area contributed by atoms with Crippen LogP contribution in [0.1, 0.15) is 48.9 Å². The maximum absolute atomic E-state index is 12.8. The third kappa shape index (κ3) is 2.74. The van der Waals surface area contributed by atoms with E-state index in [0.29, 0.717) is 12.5 Å². The Kier molecular flexibility index (Phi) is 4.07. The van der Waals surface area contributed by atoms with E-state index < -0.39 is 16.0 Å². The summed E-state index contributed by atoms with van der Waals surface area (Å²) in [6.07, 6.45) is 6.33. The van der Waals surface area contributed by atoms with Crippen molar-refractivity contribution in [1.82, 2.24) is 4.31 Å². The van der Waals surface area contributed by atoms with Crippen LogP contribution in [0.15, 0.2) is 15.7 Å². The second-order valence-electron chi connectivity index (χ2n) is 5.83. The molecule has 116 valence electrons. The molecule has 2 atom stereocenters. The highest BCUT2D eigenvalue weighted by Crippen LogP contribution is 2.38. The second-order valence-corrected chi connectivity index (χ2v) is 8.86. The van der Waals surface area contributed by atoms with E-state index in [9.17, 15) is 13.2 Å². The Morgan fingerprint density at radius 2 is 1.95 bits per heavy atom. The van der Waals surface area contributed by atoms with Crippen LogP contribution in [0.3, 0.4) is 0 Å². The SMILES string of the molecule is O=C(O)c1csc(S(=O)(=O)N2CCC[C@H]3CCCC[C@H]32)c1. The van der Waals surface area contributed by atoms with E-state index in [4.69, 9.17) is 5.11 Å². The van der Waals surface area contributed by atoms with Crippen molar-refractivity contribution in [3.8, 4) is 0 Å². The molecule has 0 bridgehead atoms. The summed E-state index contributed by atoms with van der Waals surface area (Å²) >= 11 is 1.01. The lowest BCUT2D eigenvalue weighted by Crippen LogP contribution is -2.49. The molecular weight excluding hydrogens is 310 g/mol. The van der Waals surface area contributed by atoms with Crippen LogP contribution in [0, 0.1) is 5.92 Å². The van der Waals surface area contributed by atoms with E-state index in [-0.39, 0.29) is 15.8 Å². The average molecular weight is 329 g/mol. The smallest absolute Gasteiger partial charge is 0.336 e. The van der Waals surface area contributed by atoms with Crippen LogP contribution >= 0.6 is 11.3 Å². The number of hydrogen-bond acceptors (Lipinski definition) is 4. The minimum Gasteiger partial charge on any atom is -0.478 e. The Morgan fingerprint density at radius 3 is 2.67 bits per heavy atom. The molecule has 2 aliphatic rings. The van der Waals surface area contributed by atoms with Gasteiger partial charge in [0.2, 0.25) is 0 Å². The van der Waals surface area contributed by atoms with Crippen molar-refractivity contribution < 1.29 is 18.3 Å². The van der Waals surface area contributed by atoms with Gasteiger partial charge in [0.1, 0.15) is 4.21 Å². The lowest BCUT2D eigenvalue weighted by atomic mass is 9.79. The first-order valence-electron chi connectivity index (χ1n) is 7.34. The summed E-state index contributed by atoms with van der Waals surface area (Å²) in [5.41, 5.74) is 0.0516. The van der Waals surface area contributed by atoms with Crippen molar-refractivity contribution in [3.05, 3.63) is 17.0 Å². The Hall–Kier alpha value is -0.920. The first-order valence-corrected chi connectivity index (χ1v) is 9.66. The first-order chi connectivity index (χ1) is 10.00. The molecule has 1 saturated heterocycles. The summed E-state index contributed by atoms with van der Waals surface area (Å²) in [5, 5.41) is 10.4. The quantitative estimate of drug-likeness (QED) is 0.925. The molecule has 1 aliphatic heterocycles. The van der Waals surface area contributed by atoms with Gasteiger partial charge in [-0.25, -0.2) is 13.2 Å². The zero-order valence-corrected chi connectivity index (χ0v) is 13.3. The fourth-order valence-corrected chi connectivity index (χ4v) is 6.59. The van der Waals surface area contributed by atoms with Gasteiger partial charge >= 0.3 is 5.97 Å². The second kappa shape index (κ2) is 5.70. The van der Waals surface area contributed by atoms with E-state index in [0.717, 1.165) is 43.4 Å². The molecule has 2 heterocycles. The highest BCUT2D eigenvalue weighted by molar-refractivity contribution is 7.91. The van der Waals surface area contributed by atoms with Gasteiger partial charge in [0.05, 0.1) is 5.56 Å². The van der Waals surface area contributed by atoms with Crippen LogP contribution in [-0.2, 0) is 10.0 Å². The Balaban J connectivity index is 1.90. The molecule has 0 unspecified atom stereocenters. The van der Waals surface area contributed by atoms with Crippen molar-refractivity contribution in [1.29, 1.82) is 0 Å². The number of nitrogens with zero attached hydrogens (tertiary/aromatic N) is 1. The number of aromatic carboxylic acids is 1. The number of carbonyl (C=O) groups is 1. The van der Waals surface area contributed by atoms with Crippen molar-refractivity contribution in [2.45, 2.75) is 48.8 Å². The van der Waals surface area contributed by atoms with Crippen molar-refractivity contribution in [2.75, 3.05) is 6.54 Å². The van der Waals surface area contributed by atoms with Gasteiger partial charge < -0.3 is 5.11 Å². The maximum atomic E-state index is 12.8. The lowest BCUT2D eigenvalue weighted by Gasteiger charge is -2.42. The van der Waals surface area contributed by atoms with Crippen LogP contribution in [0.25, 0.3) is 0 Å². The normalized spacial score (nSPS) is 27.2. The third-order valence-corrected chi connectivity index (χ3v) is 7.92. The average Bonchev–Trinajstić information content (AvgIpc) is 2.97. The van der Waals surface area contributed by atoms with Gasteiger partial charge in [-0.3, -0.25) is 0 Å². The topological polar surface area (TPSA) is 74.7 Å². The van der Waals surface area contributed by atoms with Crippen LogP contribution in [0.5, 0.6) is 0 Å². The highest BCUT2D eigenvalue weighted by atomic mass is 32.2. The molecule has 1 aromatic rings. The van der Waals surface area contributed by atoms with Gasteiger partial charge in [-0.1, -0.05) is 12.8 Å². The van der Waals surface area contributed by atoms with Crippen LogP contribution in [-0.4, -0.2) is 36.4 Å². The van der Waals surface area contributed by atoms with Crippen molar-refractivity contribution in [3.63, 3.8) is 0 Å². The van der Waals surface area contributed by atoms with E-state index in [1.165, 1.54) is 17.9 Å². The molecule has 0 radical (unpaired) electrons. The van der Waals surface area contributed by atoms with Gasteiger partial charge in [0.15, 0.2) is 0 Å². The summed E-state index contributed by atoms with van der Waals surface area (Å²) in [4.78, 5) is 10.9.